The highest BCUT2D eigenvalue weighted by molar-refractivity contribution is 7.92. The Kier molecular flexibility index (Phi) is 7.39. The van der Waals surface area contributed by atoms with Gasteiger partial charge in [0.25, 0.3) is 10.0 Å². The van der Waals surface area contributed by atoms with E-state index in [4.69, 9.17) is 5.73 Å². The van der Waals surface area contributed by atoms with E-state index in [0.29, 0.717) is 41.1 Å². The summed E-state index contributed by atoms with van der Waals surface area (Å²) in [6.45, 7) is 0.0402. The molecule has 232 valence electrons. The number of halogens is 4. The smallest absolute Gasteiger partial charge is 0.368 e. The van der Waals surface area contributed by atoms with Gasteiger partial charge in [0.15, 0.2) is 5.65 Å². The molecule has 0 radical (unpaired) electrons. The average Bonchev–Trinajstić information content (AvgIpc) is 3.45. The molecule has 0 saturated carbocycles. The number of amides is 2. The summed E-state index contributed by atoms with van der Waals surface area (Å²) in [5, 5.41) is 15.1. The van der Waals surface area contributed by atoms with Crippen LogP contribution in [0.2, 0.25) is 0 Å². The van der Waals surface area contributed by atoms with Crippen molar-refractivity contribution in [2.75, 3.05) is 32.5 Å². The second kappa shape index (κ2) is 11.2. The maximum atomic E-state index is 13.9. The normalized spacial score (nSPS) is 15.0. The third-order valence-electron chi connectivity index (χ3n) is 6.96. The molecule has 12 nitrogen and oxygen atoms in total. The highest BCUT2D eigenvalue weighted by Gasteiger charge is 2.34. The minimum Gasteiger partial charge on any atom is -0.368 e. The predicted molar refractivity (Wildman–Crippen MR) is 159 cm³/mol. The van der Waals surface area contributed by atoms with Gasteiger partial charge in [-0.1, -0.05) is 18.2 Å². The Hall–Kier alpha value is -5.45. The van der Waals surface area contributed by atoms with Crippen LogP contribution in [-0.4, -0.2) is 47.2 Å². The number of nitrogens with zero attached hydrogens (tertiary/aromatic N) is 4. The molecule has 1 unspecified atom stereocenters. The molecule has 2 aromatic heterocycles. The number of hydrogen-bond acceptors (Lipinski definition) is 8. The Morgan fingerprint density at radius 3 is 2.49 bits per heavy atom. The molecular formula is C28H23F4N9O3S. The Bertz CT molecular complexity index is 2020. The number of nitrogens with one attached hydrogen (secondary N) is 4. The van der Waals surface area contributed by atoms with Crippen LogP contribution in [0.5, 0.6) is 0 Å². The highest BCUT2D eigenvalue weighted by Crippen LogP contribution is 2.34. The van der Waals surface area contributed by atoms with E-state index in [0.717, 1.165) is 11.6 Å². The molecule has 0 aliphatic carbocycles. The van der Waals surface area contributed by atoms with Crippen LogP contribution in [0.15, 0.2) is 77.8 Å². The Morgan fingerprint density at radius 2 is 1.73 bits per heavy atom. The number of nitrogens with two attached hydrogens (primary N) is 1. The van der Waals surface area contributed by atoms with E-state index in [1.54, 1.807) is 12.1 Å². The molecule has 6 N–H and O–H groups in total. The first-order valence-corrected chi connectivity index (χ1v) is 14.7. The van der Waals surface area contributed by atoms with Crippen molar-refractivity contribution in [1.29, 1.82) is 0 Å². The Balaban J connectivity index is 1.20. The molecule has 0 saturated heterocycles. The predicted octanol–water partition coefficient (Wildman–Crippen LogP) is 4.97. The lowest BCUT2D eigenvalue weighted by Crippen LogP contribution is -2.45. The van der Waals surface area contributed by atoms with Crippen LogP contribution in [0.25, 0.3) is 11.0 Å². The number of carbonyl (C=O) groups excluding carboxylic acids is 1. The summed E-state index contributed by atoms with van der Waals surface area (Å²) in [5.74, 6) is -0.767. The summed E-state index contributed by atoms with van der Waals surface area (Å²) in [7, 11) is -4.12. The van der Waals surface area contributed by atoms with Gasteiger partial charge in [0.1, 0.15) is 11.6 Å². The van der Waals surface area contributed by atoms with Gasteiger partial charge >= 0.3 is 12.2 Å². The van der Waals surface area contributed by atoms with Gasteiger partial charge < -0.3 is 21.7 Å². The second-order valence-electron chi connectivity index (χ2n) is 10.1. The summed E-state index contributed by atoms with van der Waals surface area (Å²) in [5.41, 5.74) is 6.01. The van der Waals surface area contributed by atoms with Gasteiger partial charge in [-0.05, 0) is 60.5 Å². The molecule has 45 heavy (non-hydrogen) atoms. The number of hydrogen-bond donors (Lipinski definition) is 5. The number of alkyl halides is 3. The Labute approximate surface area is 252 Å². The summed E-state index contributed by atoms with van der Waals surface area (Å²) in [6.07, 6.45) is -2.78. The van der Waals surface area contributed by atoms with Gasteiger partial charge in [0, 0.05) is 11.4 Å². The molecule has 0 spiro atoms. The molecule has 1 atom stereocenters. The van der Waals surface area contributed by atoms with Gasteiger partial charge in [0.2, 0.25) is 5.95 Å². The maximum absolute atomic E-state index is 13.9. The molecule has 3 heterocycles. The molecule has 0 fully saturated rings. The van der Waals surface area contributed by atoms with E-state index >= 15 is 0 Å². The zero-order valence-corrected chi connectivity index (χ0v) is 23.7. The van der Waals surface area contributed by atoms with Crippen LogP contribution < -0.4 is 26.0 Å². The van der Waals surface area contributed by atoms with Crippen molar-refractivity contribution < 1.29 is 30.8 Å². The van der Waals surface area contributed by atoms with Crippen molar-refractivity contribution >= 4 is 55.9 Å². The fraction of sp³-hybridized carbons (Fsp3) is 0.143. The standard InChI is InChI=1S/C28H23F4N9O3S/c29-17-10-16(28(30,31)32)11-19(12-17)37-27(42)36-18-5-7-21(8-6-18)45(43,44)41-14-20(9-15-3-1-2-4-23(15)41)35-24-22-13-34-40-25(22)39-26(33)38-24/h1-8,10-13,20H,9,14H2,(H2,36,37,42)(H4,33,34,35,38,39,40). The van der Waals surface area contributed by atoms with Gasteiger partial charge in [-0.2, -0.15) is 28.2 Å². The lowest BCUT2D eigenvalue weighted by atomic mass is 9.99. The van der Waals surface area contributed by atoms with E-state index in [-0.39, 0.29) is 23.1 Å². The summed E-state index contributed by atoms with van der Waals surface area (Å²) < 4.78 is 81.8. The number of carbonyl (C=O) groups is 1. The first kappa shape index (κ1) is 29.6. The fourth-order valence-electron chi connectivity index (χ4n) is 4.99. The van der Waals surface area contributed by atoms with Crippen molar-refractivity contribution in [2.24, 2.45) is 0 Å². The van der Waals surface area contributed by atoms with Crippen molar-refractivity contribution in [2.45, 2.75) is 23.5 Å². The monoisotopic (exact) mass is 641 g/mol. The van der Waals surface area contributed by atoms with Crippen molar-refractivity contribution in [3.05, 3.63) is 89.9 Å². The third-order valence-corrected chi connectivity index (χ3v) is 8.76. The van der Waals surface area contributed by atoms with Gasteiger partial charge in [-0.3, -0.25) is 9.40 Å². The number of sulfonamides is 1. The molecule has 1 aliphatic heterocycles. The first-order valence-electron chi connectivity index (χ1n) is 13.3. The van der Waals surface area contributed by atoms with E-state index in [2.05, 4.69) is 36.1 Å². The van der Waals surface area contributed by atoms with Gasteiger partial charge in [-0.15, -0.1) is 0 Å². The number of aromatic amines is 1. The zero-order chi connectivity index (χ0) is 31.9. The number of anilines is 5. The SMILES string of the molecule is Nc1nc(NC2Cc3ccccc3N(S(=O)(=O)c3ccc(NC(=O)Nc4cc(F)cc(C(F)(F)F)c4)cc3)C2)c2cn[nH]c2n1. The molecule has 0 bridgehead atoms. The minimum absolute atomic E-state index is 0.0132. The van der Waals surface area contributed by atoms with E-state index in [1.165, 1.54) is 34.8 Å². The van der Waals surface area contributed by atoms with Crippen LogP contribution in [0.3, 0.4) is 0 Å². The lowest BCUT2D eigenvalue weighted by molar-refractivity contribution is -0.137. The second-order valence-corrected chi connectivity index (χ2v) is 12.0. The maximum Gasteiger partial charge on any atom is 0.416 e. The highest BCUT2D eigenvalue weighted by atomic mass is 32.2. The summed E-state index contributed by atoms with van der Waals surface area (Å²) >= 11 is 0. The number of rotatable bonds is 6. The summed E-state index contributed by atoms with van der Waals surface area (Å²) in [6, 6.07) is 12.6. The van der Waals surface area contributed by atoms with Crippen LogP contribution in [0.1, 0.15) is 11.1 Å². The number of para-hydroxylation sites is 1. The number of nitrogen functional groups attached to an aromatic ring is 1. The van der Waals surface area contributed by atoms with Crippen molar-refractivity contribution in [1.82, 2.24) is 20.2 Å². The molecule has 1 aliphatic rings. The topological polar surface area (TPSA) is 171 Å². The van der Waals surface area contributed by atoms with E-state index in [9.17, 15) is 30.8 Å². The molecule has 17 heteroatoms. The van der Waals surface area contributed by atoms with Crippen LogP contribution in [0, 0.1) is 5.82 Å². The van der Waals surface area contributed by atoms with Gasteiger partial charge in [-0.25, -0.2) is 17.6 Å². The third kappa shape index (κ3) is 6.14. The van der Waals surface area contributed by atoms with Crippen LogP contribution in [0.4, 0.5) is 51.2 Å². The van der Waals surface area contributed by atoms with Crippen molar-refractivity contribution in [3.63, 3.8) is 0 Å². The summed E-state index contributed by atoms with van der Waals surface area (Å²) in [4.78, 5) is 20.7. The quantitative estimate of drug-likeness (QED) is 0.162. The minimum atomic E-state index is -4.81. The molecule has 2 amide bonds. The number of benzene rings is 3. The zero-order valence-electron chi connectivity index (χ0n) is 22.9. The number of H-pyrrole nitrogens is 1. The molecule has 5 aromatic rings. The molecule has 6 rings (SSSR count). The van der Waals surface area contributed by atoms with Crippen LogP contribution >= 0.6 is 0 Å². The fourth-order valence-corrected chi connectivity index (χ4v) is 6.54. The van der Waals surface area contributed by atoms with Gasteiger partial charge in [0.05, 0.1) is 40.3 Å². The Morgan fingerprint density at radius 1 is 1.00 bits per heavy atom. The van der Waals surface area contributed by atoms with E-state index < -0.39 is 45.3 Å². The largest absolute Gasteiger partial charge is 0.416 e. The average molecular weight is 642 g/mol. The first-order chi connectivity index (χ1) is 21.4. The van der Waals surface area contributed by atoms with Crippen LogP contribution in [-0.2, 0) is 22.6 Å². The molecule has 3 aromatic carbocycles. The number of urea groups is 1. The number of fused-ring (bicyclic) bond motifs is 2. The van der Waals surface area contributed by atoms with E-state index in [1.807, 2.05) is 12.1 Å². The number of aromatic nitrogens is 4. The van der Waals surface area contributed by atoms with Crippen molar-refractivity contribution in [3.8, 4) is 0 Å². The molecular weight excluding hydrogens is 618 g/mol. The lowest BCUT2D eigenvalue weighted by Gasteiger charge is -2.35.